The molecular weight excluding hydrogens is 370 g/mol. The molecule has 29 heavy (non-hydrogen) atoms. The van der Waals surface area contributed by atoms with Crippen LogP contribution in [0.3, 0.4) is 0 Å². The minimum absolute atomic E-state index is 0.00223. The number of rotatable bonds is 6. The quantitative estimate of drug-likeness (QED) is 0.679. The van der Waals surface area contributed by atoms with Gasteiger partial charge in [0, 0.05) is 13.1 Å². The van der Waals surface area contributed by atoms with Crippen LogP contribution in [-0.4, -0.2) is 54.5 Å². The van der Waals surface area contributed by atoms with Crippen LogP contribution in [0, 0.1) is 0 Å². The number of carbonyl (C=O) groups excluding carboxylic acids is 2. The highest BCUT2D eigenvalue weighted by molar-refractivity contribution is 5.94. The molecule has 2 amide bonds. The van der Waals surface area contributed by atoms with Crippen molar-refractivity contribution in [3.05, 3.63) is 71.8 Å². The summed E-state index contributed by atoms with van der Waals surface area (Å²) >= 11 is 0. The van der Waals surface area contributed by atoms with Crippen LogP contribution in [0.25, 0.3) is 0 Å². The zero-order valence-electron chi connectivity index (χ0n) is 15.8. The van der Waals surface area contributed by atoms with Gasteiger partial charge in [-0.05, 0) is 24.5 Å². The fraction of sp³-hybridized carbons (Fsp3) is 0.300. The van der Waals surface area contributed by atoms with Crippen LogP contribution in [0.1, 0.15) is 39.3 Å². The van der Waals surface area contributed by atoms with Crippen LogP contribution in [0.5, 0.6) is 0 Å². The fourth-order valence-corrected chi connectivity index (χ4v) is 3.45. The molecule has 1 atom stereocenters. The van der Waals surface area contributed by atoms with Gasteiger partial charge >= 0.3 is 0 Å². The largest absolute Gasteiger partial charge is 0.347 e. The number of benzene rings is 1. The van der Waals surface area contributed by atoms with Crippen molar-refractivity contribution < 1.29 is 9.59 Å². The minimum atomic E-state index is -0.276. The lowest BCUT2D eigenvalue weighted by Gasteiger charge is -2.24. The molecule has 1 aliphatic rings. The van der Waals surface area contributed by atoms with E-state index in [0.29, 0.717) is 25.2 Å². The Morgan fingerprint density at radius 3 is 2.79 bits per heavy atom. The molecule has 0 radical (unpaired) electrons. The molecule has 3 aromatic rings. The third-order valence-corrected chi connectivity index (χ3v) is 4.93. The first-order chi connectivity index (χ1) is 14.2. The molecule has 0 unspecified atom stereocenters. The highest BCUT2D eigenvalue weighted by atomic mass is 16.2. The van der Waals surface area contributed by atoms with Crippen LogP contribution < -0.4 is 5.32 Å². The summed E-state index contributed by atoms with van der Waals surface area (Å²) < 4.78 is 1.62. The van der Waals surface area contributed by atoms with Gasteiger partial charge in [0.15, 0.2) is 5.69 Å². The van der Waals surface area contributed by atoms with Gasteiger partial charge in [-0.15, -0.1) is 5.10 Å². The van der Waals surface area contributed by atoms with E-state index in [4.69, 9.17) is 0 Å². The molecule has 148 valence electrons. The molecule has 0 bridgehead atoms. The maximum atomic E-state index is 12.7. The van der Waals surface area contributed by atoms with E-state index in [1.54, 1.807) is 16.9 Å². The van der Waals surface area contributed by atoms with Crippen LogP contribution in [-0.2, 0) is 13.1 Å². The first-order valence-corrected chi connectivity index (χ1v) is 9.50. The van der Waals surface area contributed by atoms with E-state index in [-0.39, 0.29) is 23.6 Å². The molecule has 9 nitrogen and oxygen atoms in total. The predicted octanol–water partition coefficient (Wildman–Crippen LogP) is 1.30. The second-order valence-corrected chi connectivity index (χ2v) is 6.92. The van der Waals surface area contributed by atoms with E-state index in [0.717, 1.165) is 18.4 Å². The molecule has 9 heteroatoms. The summed E-state index contributed by atoms with van der Waals surface area (Å²) in [6.07, 6.45) is 6.40. The first kappa shape index (κ1) is 18.7. The van der Waals surface area contributed by atoms with Crippen LogP contribution in [0.4, 0.5) is 0 Å². The number of likely N-dealkylation sites (tertiary alicyclic amines) is 1. The zero-order chi connectivity index (χ0) is 20.1. The van der Waals surface area contributed by atoms with E-state index in [1.807, 2.05) is 35.2 Å². The van der Waals surface area contributed by atoms with Crippen molar-refractivity contribution in [1.82, 2.24) is 35.4 Å². The van der Waals surface area contributed by atoms with E-state index >= 15 is 0 Å². The lowest BCUT2D eigenvalue weighted by molar-refractivity contribution is 0.0720. The van der Waals surface area contributed by atoms with Crippen molar-refractivity contribution in [1.29, 1.82) is 0 Å². The zero-order valence-corrected chi connectivity index (χ0v) is 15.8. The normalized spacial score (nSPS) is 16.0. The average molecular weight is 391 g/mol. The number of nitrogens with zero attached hydrogens (tertiary/aromatic N) is 6. The molecule has 1 saturated heterocycles. The van der Waals surface area contributed by atoms with Crippen molar-refractivity contribution in [2.45, 2.75) is 32.0 Å². The Morgan fingerprint density at radius 2 is 2.00 bits per heavy atom. The number of aromatic nitrogens is 5. The molecule has 2 aromatic heterocycles. The van der Waals surface area contributed by atoms with E-state index in [2.05, 4.69) is 25.8 Å². The Balaban J connectivity index is 1.37. The van der Waals surface area contributed by atoms with Gasteiger partial charge < -0.3 is 10.2 Å². The van der Waals surface area contributed by atoms with Crippen LogP contribution >= 0.6 is 0 Å². The summed E-state index contributed by atoms with van der Waals surface area (Å²) in [4.78, 5) is 26.9. The highest BCUT2D eigenvalue weighted by Gasteiger charge is 2.30. The Morgan fingerprint density at radius 1 is 1.14 bits per heavy atom. The summed E-state index contributed by atoms with van der Waals surface area (Å²) in [6.45, 7) is 1.60. The lowest BCUT2D eigenvalue weighted by Crippen LogP contribution is -2.38. The van der Waals surface area contributed by atoms with Crippen molar-refractivity contribution in [2.75, 3.05) is 6.54 Å². The number of amides is 2. The number of hydrogen-bond acceptors (Lipinski definition) is 6. The van der Waals surface area contributed by atoms with E-state index < -0.39 is 0 Å². The highest BCUT2D eigenvalue weighted by Crippen LogP contribution is 2.21. The molecule has 1 N–H and O–H groups in total. The van der Waals surface area contributed by atoms with Gasteiger partial charge in [-0.3, -0.25) is 9.59 Å². The second kappa shape index (κ2) is 8.59. The smallest absolute Gasteiger partial charge is 0.273 e. The maximum absolute atomic E-state index is 12.7. The lowest BCUT2D eigenvalue weighted by atomic mass is 10.2. The third kappa shape index (κ3) is 4.45. The predicted molar refractivity (Wildman–Crippen MR) is 104 cm³/mol. The fourth-order valence-electron chi connectivity index (χ4n) is 3.45. The first-order valence-electron chi connectivity index (χ1n) is 9.50. The molecule has 0 spiro atoms. The van der Waals surface area contributed by atoms with Crippen LogP contribution in [0.15, 0.2) is 55.0 Å². The van der Waals surface area contributed by atoms with E-state index in [1.165, 1.54) is 12.4 Å². The van der Waals surface area contributed by atoms with Crippen molar-refractivity contribution in [3.8, 4) is 0 Å². The van der Waals surface area contributed by atoms with Crippen molar-refractivity contribution in [3.63, 3.8) is 0 Å². The monoisotopic (exact) mass is 391 g/mol. The van der Waals surface area contributed by atoms with Gasteiger partial charge in [0.05, 0.1) is 36.7 Å². The van der Waals surface area contributed by atoms with Gasteiger partial charge in [-0.2, -0.15) is 10.2 Å². The van der Waals surface area contributed by atoms with Gasteiger partial charge in [-0.25, -0.2) is 4.68 Å². The molecule has 1 aliphatic heterocycles. The summed E-state index contributed by atoms with van der Waals surface area (Å²) in [6, 6.07) is 11.3. The summed E-state index contributed by atoms with van der Waals surface area (Å²) in [5, 5.41) is 18.4. The van der Waals surface area contributed by atoms with Crippen molar-refractivity contribution >= 4 is 11.8 Å². The molecule has 1 aromatic carbocycles. The molecule has 1 fully saturated rings. The van der Waals surface area contributed by atoms with Gasteiger partial charge in [-0.1, -0.05) is 35.5 Å². The topological polar surface area (TPSA) is 106 Å². The Kier molecular flexibility index (Phi) is 5.55. The van der Waals surface area contributed by atoms with Gasteiger partial charge in [0.1, 0.15) is 0 Å². The number of carbonyl (C=O) groups is 2. The third-order valence-electron chi connectivity index (χ3n) is 4.93. The molecule has 0 aliphatic carbocycles. The maximum Gasteiger partial charge on any atom is 0.273 e. The number of hydrogen-bond donors (Lipinski definition) is 1. The summed E-state index contributed by atoms with van der Waals surface area (Å²) in [5.74, 6) is -0.342. The number of nitrogens with one attached hydrogen (secondary N) is 1. The second-order valence-electron chi connectivity index (χ2n) is 6.92. The summed E-state index contributed by atoms with van der Waals surface area (Å²) in [7, 11) is 0. The Labute approximate surface area is 167 Å². The van der Waals surface area contributed by atoms with Gasteiger partial charge in [0.2, 0.25) is 0 Å². The average Bonchev–Trinajstić information content (AvgIpc) is 3.43. The van der Waals surface area contributed by atoms with Crippen molar-refractivity contribution in [2.24, 2.45) is 0 Å². The summed E-state index contributed by atoms with van der Waals surface area (Å²) in [5.41, 5.74) is 1.79. The van der Waals surface area contributed by atoms with E-state index in [9.17, 15) is 9.59 Å². The molecule has 3 heterocycles. The molecule has 0 saturated carbocycles. The van der Waals surface area contributed by atoms with Crippen LogP contribution in [0.2, 0.25) is 0 Å². The minimum Gasteiger partial charge on any atom is -0.347 e. The Hall–Kier alpha value is -3.62. The SMILES string of the molecule is O=C(NCc1ccccc1)c1cn(C[C@@H]2CCCN2C(=O)c2ccnnc2)nn1. The standard InChI is InChI=1S/C20H21N7O2/c28-19(21-11-15-5-2-1-3-6-15)18-14-26(25-24-18)13-17-7-4-10-27(17)20(29)16-8-9-22-23-12-16/h1-3,5-6,8-9,12,14,17H,4,7,10-11,13H2,(H,21,28)/t17-/m0/s1. The van der Waals surface area contributed by atoms with Gasteiger partial charge in [0.25, 0.3) is 11.8 Å². The Bertz CT molecular complexity index is 975. The molecular formula is C20H21N7O2. The molecule has 4 rings (SSSR count).